The summed E-state index contributed by atoms with van der Waals surface area (Å²) in [7, 11) is 0. The van der Waals surface area contributed by atoms with Gasteiger partial charge in [0.05, 0.1) is 6.21 Å². The average molecular weight is 308 g/mol. The van der Waals surface area contributed by atoms with Crippen LogP contribution in [-0.2, 0) is 6.54 Å². The van der Waals surface area contributed by atoms with Gasteiger partial charge in [-0.1, -0.05) is 48.5 Å². The number of hydrazone groups is 1. The van der Waals surface area contributed by atoms with Crippen LogP contribution in [0.25, 0.3) is 10.9 Å². The standard InChI is InChI=1S/C17H16N4S/c18-17(22)20-19-10-14-12-21(11-13-6-2-1-3-7-13)16-9-5-4-8-15(14)16/h1-10,12H,11H2,(H3,18,20,22)/b19-10+. The van der Waals surface area contributed by atoms with Gasteiger partial charge in [-0.05, 0) is 23.8 Å². The van der Waals surface area contributed by atoms with Crippen molar-refractivity contribution in [3.63, 3.8) is 0 Å². The summed E-state index contributed by atoms with van der Waals surface area (Å²) in [5, 5.41) is 5.36. The molecule has 5 heteroatoms. The third-order valence-electron chi connectivity index (χ3n) is 3.39. The van der Waals surface area contributed by atoms with Gasteiger partial charge in [0.2, 0.25) is 0 Å². The summed E-state index contributed by atoms with van der Waals surface area (Å²) in [6.45, 7) is 0.817. The van der Waals surface area contributed by atoms with Crippen LogP contribution in [-0.4, -0.2) is 15.9 Å². The lowest BCUT2D eigenvalue weighted by molar-refractivity contribution is 0.836. The van der Waals surface area contributed by atoms with Crippen molar-refractivity contribution in [2.45, 2.75) is 6.54 Å². The Morgan fingerprint density at radius 2 is 1.86 bits per heavy atom. The molecule has 110 valence electrons. The van der Waals surface area contributed by atoms with E-state index in [1.165, 1.54) is 11.1 Å². The van der Waals surface area contributed by atoms with Gasteiger partial charge in [-0.2, -0.15) is 5.10 Å². The number of thiocarbonyl (C=S) groups is 1. The van der Waals surface area contributed by atoms with Crippen LogP contribution < -0.4 is 11.2 Å². The van der Waals surface area contributed by atoms with Crippen LogP contribution >= 0.6 is 12.2 Å². The zero-order chi connectivity index (χ0) is 15.4. The summed E-state index contributed by atoms with van der Waals surface area (Å²) in [5.41, 5.74) is 11.4. The van der Waals surface area contributed by atoms with Gasteiger partial charge in [0.1, 0.15) is 0 Å². The van der Waals surface area contributed by atoms with Crippen LogP contribution in [0.3, 0.4) is 0 Å². The molecule has 0 unspecified atom stereocenters. The second-order valence-electron chi connectivity index (χ2n) is 4.95. The fourth-order valence-corrected chi connectivity index (χ4v) is 2.51. The number of nitrogens with one attached hydrogen (secondary N) is 1. The van der Waals surface area contributed by atoms with E-state index in [0.29, 0.717) is 0 Å². The number of nitrogens with two attached hydrogens (primary N) is 1. The zero-order valence-corrected chi connectivity index (χ0v) is 12.8. The van der Waals surface area contributed by atoms with Crippen LogP contribution in [0.2, 0.25) is 0 Å². The number of hydrogen-bond acceptors (Lipinski definition) is 2. The molecule has 0 amide bonds. The predicted molar refractivity (Wildman–Crippen MR) is 95.0 cm³/mol. The molecule has 0 bridgehead atoms. The number of rotatable bonds is 4. The first-order valence-electron chi connectivity index (χ1n) is 6.94. The minimum Gasteiger partial charge on any atom is -0.375 e. The smallest absolute Gasteiger partial charge is 0.184 e. The topological polar surface area (TPSA) is 55.3 Å². The van der Waals surface area contributed by atoms with Gasteiger partial charge in [0.15, 0.2) is 5.11 Å². The van der Waals surface area contributed by atoms with Crippen molar-refractivity contribution >= 4 is 34.4 Å². The zero-order valence-electron chi connectivity index (χ0n) is 11.9. The van der Waals surface area contributed by atoms with E-state index in [0.717, 1.165) is 17.5 Å². The van der Waals surface area contributed by atoms with E-state index >= 15 is 0 Å². The number of nitrogens with zero attached hydrogens (tertiary/aromatic N) is 2. The molecule has 4 nitrogen and oxygen atoms in total. The van der Waals surface area contributed by atoms with Crippen LogP contribution in [0, 0.1) is 0 Å². The number of aromatic nitrogens is 1. The Labute approximate surface area is 134 Å². The minimum absolute atomic E-state index is 0.157. The van der Waals surface area contributed by atoms with Crippen molar-refractivity contribution in [2.75, 3.05) is 0 Å². The minimum atomic E-state index is 0.157. The van der Waals surface area contributed by atoms with Crippen molar-refractivity contribution in [1.82, 2.24) is 9.99 Å². The number of fused-ring (bicyclic) bond motifs is 1. The van der Waals surface area contributed by atoms with Gasteiger partial charge >= 0.3 is 0 Å². The summed E-state index contributed by atoms with van der Waals surface area (Å²) in [6, 6.07) is 18.6. The Bertz CT molecular complexity index is 821. The van der Waals surface area contributed by atoms with Gasteiger partial charge in [0, 0.05) is 29.2 Å². The second-order valence-corrected chi connectivity index (χ2v) is 5.39. The van der Waals surface area contributed by atoms with Gasteiger partial charge in [-0.25, -0.2) is 0 Å². The Hall–Kier alpha value is -2.66. The molecule has 0 atom stereocenters. The van der Waals surface area contributed by atoms with Gasteiger partial charge in [0.25, 0.3) is 0 Å². The highest BCUT2D eigenvalue weighted by Crippen LogP contribution is 2.21. The van der Waals surface area contributed by atoms with Crippen LogP contribution in [0.5, 0.6) is 0 Å². The normalized spacial score (nSPS) is 11.1. The molecular formula is C17H16N4S. The summed E-state index contributed by atoms with van der Waals surface area (Å²) < 4.78 is 2.22. The molecular weight excluding hydrogens is 292 g/mol. The fraction of sp³-hybridized carbons (Fsp3) is 0.0588. The first kappa shape index (κ1) is 14.3. The quantitative estimate of drug-likeness (QED) is 0.443. The van der Waals surface area contributed by atoms with Gasteiger partial charge < -0.3 is 10.3 Å². The van der Waals surface area contributed by atoms with E-state index in [9.17, 15) is 0 Å². The molecule has 3 rings (SSSR count). The molecule has 2 aromatic carbocycles. The Balaban J connectivity index is 1.97. The molecule has 3 N–H and O–H groups in total. The first-order valence-corrected chi connectivity index (χ1v) is 7.35. The maximum atomic E-state index is 5.38. The van der Waals surface area contributed by atoms with Crippen molar-refractivity contribution < 1.29 is 0 Å². The van der Waals surface area contributed by atoms with Crippen LogP contribution in [0.1, 0.15) is 11.1 Å². The summed E-state index contributed by atoms with van der Waals surface area (Å²) >= 11 is 4.75. The number of hydrogen-bond donors (Lipinski definition) is 2. The second kappa shape index (κ2) is 6.41. The Morgan fingerprint density at radius 3 is 2.64 bits per heavy atom. The summed E-state index contributed by atoms with van der Waals surface area (Å²) in [6.07, 6.45) is 3.82. The van der Waals surface area contributed by atoms with E-state index < -0.39 is 0 Å². The monoisotopic (exact) mass is 308 g/mol. The fourth-order valence-electron chi connectivity index (χ4n) is 2.45. The highest BCUT2D eigenvalue weighted by atomic mass is 32.1. The molecule has 0 aliphatic rings. The van der Waals surface area contributed by atoms with Crippen molar-refractivity contribution in [2.24, 2.45) is 10.8 Å². The summed E-state index contributed by atoms with van der Waals surface area (Å²) in [5.74, 6) is 0. The Morgan fingerprint density at radius 1 is 1.14 bits per heavy atom. The number of para-hydroxylation sites is 1. The molecule has 0 saturated heterocycles. The molecule has 0 saturated carbocycles. The van der Waals surface area contributed by atoms with Gasteiger partial charge in [-0.15, -0.1) is 0 Å². The molecule has 1 heterocycles. The molecule has 22 heavy (non-hydrogen) atoms. The first-order chi connectivity index (χ1) is 10.7. The van der Waals surface area contributed by atoms with Crippen LogP contribution in [0.4, 0.5) is 0 Å². The SMILES string of the molecule is NC(=S)N/N=C/c1cn(Cc2ccccc2)c2ccccc12. The molecule has 0 radical (unpaired) electrons. The predicted octanol–water partition coefficient (Wildman–Crippen LogP) is 2.86. The highest BCUT2D eigenvalue weighted by Gasteiger charge is 2.06. The molecule has 1 aromatic heterocycles. The van der Waals surface area contributed by atoms with E-state index in [-0.39, 0.29) is 5.11 Å². The molecule has 0 aliphatic heterocycles. The lowest BCUT2D eigenvalue weighted by Gasteiger charge is -2.05. The maximum Gasteiger partial charge on any atom is 0.184 e. The van der Waals surface area contributed by atoms with Gasteiger partial charge in [-0.3, -0.25) is 5.43 Å². The third kappa shape index (κ3) is 3.15. The van der Waals surface area contributed by atoms with Crippen molar-refractivity contribution in [1.29, 1.82) is 0 Å². The third-order valence-corrected chi connectivity index (χ3v) is 3.48. The molecule has 3 aromatic rings. The average Bonchev–Trinajstić information content (AvgIpc) is 2.86. The van der Waals surface area contributed by atoms with E-state index in [2.05, 4.69) is 57.7 Å². The lowest BCUT2D eigenvalue weighted by atomic mass is 10.2. The summed E-state index contributed by atoms with van der Waals surface area (Å²) in [4.78, 5) is 0. The van der Waals surface area contributed by atoms with E-state index in [4.69, 9.17) is 18.0 Å². The number of benzene rings is 2. The molecule has 0 fully saturated rings. The largest absolute Gasteiger partial charge is 0.375 e. The lowest BCUT2D eigenvalue weighted by Crippen LogP contribution is -2.23. The highest BCUT2D eigenvalue weighted by molar-refractivity contribution is 7.80. The van der Waals surface area contributed by atoms with E-state index in [1.54, 1.807) is 6.21 Å². The van der Waals surface area contributed by atoms with Crippen LogP contribution in [0.15, 0.2) is 65.9 Å². The molecule has 0 aliphatic carbocycles. The maximum absolute atomic E-state index is 5.38. The van der Waals surface area contributed by atoms with Crippen molar-refractivity contribution in [3.05, 3.63) is 71.9 Å². The van der Waals surface area contributed by atoms with Crippen molar-refractivity contribution in [3.8, 4) is 0 Å². The Kier molecular flexibility index (Phi) is 4.16. The van der Waals surface area contributed by atoms with E-state index in [1.807, 2.05) is 18.2 Å². The molecule has 0 spiro atoms.